The number of benzene rings is 3. The molecule has 0 radical (unpaired) electrons. The van der Waals surface area contributed by atoms with Gasteiger partial charge in [0.25, 0.3) is 0 Å². The van der Waals surface area contributed by atoms with Gasteiger partial charge < -0.3 is 15.4 Å². The maximum Gasteiger partial charge on any atom is 0.242 e. The Morgan fingerprint density at radius 2 is 1.66 bits per heavy atom. The molecule has 0 fully saturated rings. The number of amides is 2. The SMILES string of the molecule is CCCCC(=O)Nc1ccc(SC(C(=O)Nc2cccc(OC)c2)c2ccccc2)cc1. The molecule has 0 aliphatic heterocycles. The van der Waals surface area contributed by atoms with Crippen LogP contribution < -0.4 is 15.4 Å². The van der Waals surface area contributed by atoms with E-state index < -0.39 is 5.25 Å². The van der Waals surface area contributed by atoms with Crippen molar-refractivity contribution in [1.82, 2.24) is 0 Å². The Morgan fingerprint density at radius 3 is 2.34 bits per heavy atom. The van der Waals surface area contributed by atoms with E-state index >= 15 is 0 Å². The summed E-state index contributed by atoms with van der Waals surface area (Å²) >= 11 is 1.46. The van der Waals surface area contributed by atoms with Crippen LogP contribution in [0.25, 0.3) is 0 Å². The van der Waals surface area contributed by atoms with Crippen LogP contribution in [0.4, 0.5) is 11.4 Å². The zero-order valence-electron chi connectivity index (χ0n) is 18.3. The Balaban J connectivity index is 1.73. The summed E-state index contributed by atoms with van der Waals surface area (Å²) in [5, 5.41) is 5.47. The zero-order valence-corrected chi connectivity index (χ0v) is 19.2. The molecule has 32 heavy (non-hydrogen) atoms. The van der Waals surface area contributed by atoms with Gasteiger partial charge in [0, 0.05) is 28.8 Å². The van der Waals surface area contributed by atoms with Gasteiger partial charge in [-0.25, -0.2) is 0 Å². The molecule has 6 heteroatoms. The van der Waals surface area contributed by atoms with Gasteiger partial charge in [0.2, 0.25) is 11.8 Å². The normalized spacial score (nSPS) is 11.4. The van der Waals surface area contributed by atoms with Crippen LogP contribution in [-0.4, -0.2) is 18.9 Å². The van der Waals surface area contributed by atoms with Crippen LogP contribution in [0.3, 0.4) is 0 Å². The van der Waals surface area contributed by atoms with Gasteiger partial charge >= 0.3 is 0 Å². The average molecular weight is 449 g/mol. The molecule has 0 heterocycles. The minimum Gasteiger partial charge on any atom is -0.497 e. The lowest BCUT2D eigenvalue weighted by atomic mass is 10.1. The molecule has 5 nitrogen and oxygen atoms in total. The van der Waals surface area contributed by atoms with Gasteiger partial charge in [0.1, 0.15) is 11.0 Å². The minimum atomic E-state index is -0.438. The number of hydrogen-bond acceptors (Lipinski definition) is 4. The number of methoxy groups -OCH3 is 1. The van der Waals surface area contributed by atoms with E-state index in [9.17, 15) is 9.59 Å². The van der Waals surface area contributed by atoms with Crippen LogP contribution in [0.15, 0.2) is 83.8 Å². The van der Waals surface area contributed by atoms with Crippen molar-refractivity contribution in [1.29, 1.82) is 0 Å². The predicted molar refractivity (Wildman–Crippen MR) is 131 cm³/mol. The molecular weight excluding hydrogens is 420 g/mol. The quantitative estimate of drug-likeness (QED) is 0.357. The second-order valence-electron chi connectivity index (χ2n) is 7.31. The van der Waals surface area contributed by atoms with Gasteiger partial charge in [-0.05, 0) is 48.4 Å². The second kappa shape index (κ2) is 12.0. The molecule has 0 saturated heterocycles. The Kier molecular flexibility index (Phi) is 8.75. The van der Waals surface area contributed by atoms with Gasteiger partial charge in [-0.2, -0.15) is 0 Å². The molecule has 166 valence electrons. The van der Waals surface area contributed by atoms with Gasteiger partial charge in [-0.3, -0.25) is 9.59 Å². The third-order valence-corrected chi connectivity index (χ3v) is 6.09. The molecule has 0 aromatic heterocycles. The van der Waals surface area contributed by atoms with Crippen molar-refractivity contribution in [3.63, 3.8) is 0 Å². The highest BCUT2D eigenvalue weighted by atomic mass is 32.2. The first-order valence-corrected chi connectivity index (χ1v) is 11.5. The maximum atomic E-state index is 13.2. The second-order valence-corrected chi connectivity index (χ2v) is 8.48. The summed E-state index contributed by atoms with van der Waals surface area (Å²) in [6, 6.07) is 24.6. The highest BCUT2D eigenvalue weighted by Crippen LogP contribution is 2.37. The van der Waals surface area contributed by atoms with Crippen molar-refractivity contribution in [2.75, 3.05) is 17.7 Å². The average Bonchev–Trinajstić information content (AvgIpc) is 2.82. The molecule has 1 atom stereocenters. The standard InChI is InChI=1S/C26H28N2O3S/c1-3-4-13-24(29)27-20-14-16-23(17-15-20)32-25(19-9-6-5-7-10-19)26(30)28-21-11-8-12-22(18-21)31-2/h5-12,14-18,25H,3-4,13H2,1-2H3,(H,27,29)(H,28,30). The fraction of sp³-hybridized carbons (Fsp3) is 0.231. The fourth-order valence-corrected chi connectivity index (χ4v) is 4.15. The first-order valence-electron chi connectivity index (χ1n) is 10.7. The lowest BCUT2D eigenvalue weighted by Gasteiger charge is -2.18. The highest BCUT2D eigenvalue weighted by molar-refractivity contribution is 8.00. The summed E-state index contributed by atoms with van der Waals surface area (Å²) in [5.41, 5.74) is 2.35. The van der Waals surface area contributed by atoms with Crippen molar-refractivity contribution in [2.24, 2.45) is 0 Å². The number of ether oxygens (including phenoxy) is 1. The number of rotatable bonds is 10. The first-order chi connectivity index (χ1) is 15.6. The minimum absolute atomic E-state index is 0.0204. The van der Waals surface area contributed by atoms with Crippen molar-refractivity contribution in [3.05, 3.63) is 84.4 Å². The van der Waals surface area contributed by atoms with E-state index in [0.717, 1.165) is 29.0 Å². The number of hydrogen-bond donors (Lipinski definition) is 2. The highest BCUT2D eigenvalue weighted by Gasteiger charge is 2.22. The van der Waals surface area contributed by atoms with Crippen LogP contribution in [0.2, 0.25) is 0 Å². The summed E-state index contributed by atoms with van der Waals surface area (Å²) in [4.78, 5) is 26.1. The number of carbonyl (C=O) groups is 2. The lowest BCUT2D eigenvalue weighted by Crippen LogP contribution is -2.19. The Labute approximate surface area is 193 Å². The molecule has 3 aromatic carbocycles. The van der Waals surface area contributed by atoms with Gasteiger partial charge in [0.05, 0.1) is 7.11 Å². The monoisotopic (exact) mass is 448 g/mol. The third kappa shape index (κ3) is 6.89. The largest absolute Gasteiger partial charge is 0.497 e. The van der Waals surface area contributed by atoms with Crippen molar-refractivity contribution < 1.29 is 14.3 Å². The first kappa shape index (κ1) is 23.4. The number of thioether (sulfide) groups is 1. The van der Waals surface area contributed by atoms with Crippen LogP contribution in [0, 0.1) is 0 Å². The van der Waals surface area contributed by atoms with Crippen molar-refractivity contribution in [3.8, 4) is 5.75 Å². The van der Waals surface area contributed by atoms with E-state index in [1.54, 1.807) is 13.2 Å². The smallest absolute Gasteiger partial charge is 0.242 e. The zero-order chi connectivity index (χ0) is 22.8. The van der Waals surface area contributed by atoms with Gasteiger partial charge in [-0.1, -0.05) is 49.7 Å². The molecule has 3 rings (SSSR count). The number of carbonyl (C=O) groups excluding carboxylic acids is 2. The van der Waals surface area contributed by atoms with Crippen molar-refractivity contribution >= 4 is 35.0 Å². The fourth-order valence-electron chi connectivity index (χ4n) is 3.12. The van der Waals surface area contributed by atoms with E-state index in [0.29, 0.717) is 17.9 Å². The molecule has 3 aromatic rings. The molecular formula is C26H28N2O3S. The predicted octanol–water partition coefficient (Wildman–Crippen LogP) is 6.30. The Hall–Kier alpha value is -3.25. The Morgan fingerprint density at radius 1 is 0.906 bits per heavy atom. The number of nitrogens with one attached hydrogen (secondary N) is 2. The third-order valence-electron chi connectivity index (χ3n) is 4.83. The molecule has 0 bridgehead atoms. The van der Waals surface area contributed by atoms with E-state index in [1.807, 2.05) is 72.8 Å². The van der Waals surface area contributed by atoms with Gasteiger partial charge in [-0.15, -0.1) is 11.8 Å². The van der Waals surface area contributed by atoms with E-state index in [2.05, 4.69) is 17.6 Å². The van der Waals surface area contributed by atoms with E-state index in [-0.39, 0.29) is 11.8 Å². The molecule has 0 saturated carbocycles. The summed E-state index contributed by atoms with van der Waals surface area (Å²) in [5.74, 6) is 0.585. The molecule has 2 amide bonds. The molecule has 0 aliphatic carbocycles. The lowest BCUT2D eigenvalue weighted by molar-refractivity contribution is -0.116. The molecule has 2 N–H and O–H groups in total. The maximum absolute atomic E-state index is 13.2. The number of unbranched alkanes of at least 4 members (excludes halogenated alkanes) is 1. The van der Waals surface area contributed by atoms with Gasteiger partial charge in [0.15, 0.2) is 0 Å². The van der Waals surface area contributed by atoms with Crippen LogP contribution in [0.1, 0.15) is 37.0 Å². The Bertz CT molecular complexity index is 1020. The van der Waals surface area contributed by atoms with E-state index in [1.165, 1.54) is 11.8 Å². The summed E-state index contributed by atoms with van der Waals surface area (Å²) < 4.78 is 5.25. The van der Waals surface area contributed by atoms with Crippen LogP contribution in [0.5, 0.6) is 5.75 Å². The van der Waals surface area contributed by atoms with Crippen LogP contribution in [-0.2, 0) is 9.59 Å². The summed E-state index contributed by atoms with van der Waals surface area (Å²) in [7, 11) is 1.60. The van der Waals surface area contributed by atoms with E-state index in [4.69, 9.17) is 4.74 Å². The molecule has 0 aliphatic rings. The van der Waals surface area contributed by atoms with Crippen molar-refractivity contribution in [2.45, 2.75) is 36.3 Å². The summed E-state index contributed by atoms with van der Waals surface area (Å²) in [6.07, 6.45) is 2.39. The summed E-state index contributed by atoms with van der Waals surface area (Å²) in [6.45, 7) is 2.06. The molecule has 0 spiro atoms. The topological polar surface area (TPSA) is 67.4 Å². The number of anilines is 2. The van der Waals surface area contributed by atoms with Crippen LogP contribution >= 0.6 is 11.8 Å². The molecule has 1 unspecified atom stereocenters.